The topological polar surface area (TPSA) is 71.0 Å². The van der Waals surface area contributed by atoms with Gasteiger partial charge in [-0.3, -0.25) is 9.78 Å². The fourth-order valence-corrected chi connectivity index (χ4v) is 2.26. The van der Waals surface area contributed by atoms with Crippen LogP contribution in [-0.2, 0) is 6.42 Å². The Morgan fingerprint density at radius 1 is 1.17 bits per heavy atom. The van der Waals surface area contributed by atoms with Crippen LogP contribution in [0.2, 0.25) is 0 Å². The van der Waals surface area contributed by atoms with Gasteiger partial charge < -0.3 is 10.2 Å². The molecule has 0 radical (unpaired) electrons. The first-order valence-electron chi connectivity index (χ1n) is 8.41. The van der Waals surface area contributed by atoms with Gasteiger partial charge in [-0.05, 0) is 30.5 Å². The third-order valence-corrected chi connectivity index (χ3v) is 3.79. The van der Waals surface area contributed by atoms with Gasteiger partial charge in [0, 0.05) is 44.9 Å². The lowest BCUT2D eigenvalue weighted by Gasteiger charge is -2.16. The summed E-state index contributed by atoms with van der Waals surface area (Å²) >= 11 is 0. The van der Waals surface area contributed by atoms with Gasteiger partial charge in [0.1, 0.15) is 0 Å². The Bertz CT molecular complexity index is 615. The summed E-state index contributed by atoms with van der Waals surface area (Å²) in [5, 5.41) is 2.89. The molecule has 0 saturated carbocycles. The normalized spacial score (nSPS) is 10.4. The second-order valence-electron chi connectivity index (χ2n) is 5.76. The maximum Gasteiger partial charge on any atom is 0.254 e. The molecule has 0 saturated heterocycles. The molecule has 0 fully saturated rings. The zero-order chi connectivity index (χ0) is 17.2. The van der Waals surface area contributed by atoms with Gasteiger partial charge in [0.05, 0.1) is 5.56 Å². The molecule has 0 aliphatic rings. The Balaban J connectivity index is 1.83. The average Bonchev–Trinajstić information content (AvgIpc) is 2.64. The van der Waals surface area contributed by atoms with Crippen molar-refractivity contribution < 1.29 is 4.79 Å². The molecular weight excluding hydrogens is 302 g/mol. The van der Waals surface area contributed by atoms with E-state index in [0.717, 1.165) is 32.2 Å². The number of aromatic nitrogens is 3. The molecule has 0 aliphatic carbocycles. The molecule has 0 spiro atoms. The third-order valence-electron chi connectivity index (χ3n) is 3.79. The number of carbonyl (C=O) groups excluding carboxylic acids is 1. The highest BCUT2D eigenvalue weighted by molar-refractivity contribution is 5.93. The van der Waals surface area contributed by atoms with Crippen molar-refractivity contribution in [2.45, 2.75) is 32.6 Å². The van der Waals surface area contributed by atoms with Crippen molar-refractivity contribution in [2.75, 3.05) is 25.0 Å². The van der Waals surface area contributed by atoms with E-state index in [1.165, 1.54) is 5.56 Å². The summed E-state index contributed by atoms with van der Waals surface area (Å²) in [4.78, 5) is 26.6. The largest absolute Gasteiger partial charge is 0.352 e. The summed E-state index contributed by atoms with van der Waals surface area (Å²) in [5.41, 5.74) is 1.72. The van der Waals surface area contributed by atoms with Crippen molar-refractivity contribution in [3.63, 3.8) is 0 Å². The zero-order valence-electron chi connectivity index (χ0n) is 14.4. The third kappa shape index (κ3) is 5.61. The summed E-state index contributed by atoms with van der Waals surface area (Å²) in [5.74, 6) is 0.503. The van der Waals surface area contributed by atoms with Gasteiger partial charge in [-0.15, -0.1) is 0 Å². The Hall–Kier alpha value is -2.50. The van der Waals surface area contributed by atoms with E-state index in [1.807, 2.05) is 24.1 Å². The molecule has 0 unspecified atom stereocenters. The van der Waals surface area contributed by atoms with Crippen LogP contribution in [0.5, 0.6) is 0 Å². The Morgan fingerprint density at radius 3 is 2.54 bits per heavy atom. The number of carbonyl (C=O) groups is 1. The first kappa shape index (κ1) is 17.8. The first-order chi connectivity index (χ1) is 11.7. The molecule has 2 rings (SSSR count). The van der Waals surface area contributed by atoms with Crippen molar-refractivity contribution in [3.05, 3.63) is 48.0 Å². The molecule has 1 N–H and O–H groups in total. The van der Waals surface area contributed by atoms with Gasteiger partial charge in [-0.25, -0.2) is 9.97 Å². The summed E-state index contributed by atoms with van der Waals surface area (Å²) < 4.78 is 0. The van der Waals surface area contributed by atoms with E-state index in [0.29, 0.717) is 18.1 Å². The fraction of sp³-hybridized carbons (Fsp3) is 0.444. The highest BCUT2D eigenvalue weighted by Crippen LogP contribution is 2.07. The number of hydrogen-bond donors (Lipinski definition) is 1. The fourth-order valence-electron chi connectivity index (χ4n) is 2.26. The van der Waals surface area contributed by atoms with Crippen LogP contribution in [0.4, 0.5) is 5.95 Å². The highest BCUT2D eigenvalue weighted by Gasteiger charge is 2.09. The van der Waals surface area contributed by atoms with Gasteiger partial charge in [0.25, 0.3) is 5.91 Å². The predicted molar refractivity (Wildman–Crippen MR) is 95.1 cm³/mol. The number of anilines is 1. The molecule has 0 aliphatic heterocycles. The molecule has 128 valence electrons. The lowest BCUT2D eigenvalue weighted by molar-refractivity contribution is 0.0952. The number of hydrogen-bond acceptors (Lipinski definition) is 5. The minimum Gasteiger partial charge on any atom is -0.352 e. The van der Waals surface area contributed by atoms with Crippen LogP contribution in [0.3, 0.4) is 0 Å². The van der Waals surface area contributed by atoms with Crippen molar-refractivity contribution >= 4 is 11.9 Å². The van der Waals surface area contributed by atoms with E-state index in [9.17, 15) is 4.79 Å². The number of likely N-dealkylation sites (N-methyl/N-ethyl adjacent to an activating group) is 1. The zero-order valence-corrected chi connectivity index (χ0v) is 14.4. The second-order valence-corrected chi connectivity index (χ2v) is 5.76. The van der Waals surface area contributed by atoms with Gasteiger partial charge >= 0.3 is 0 Å². The van der Waals surface area contributed by atoms with E-state index in [-0.39, 0.29) is 5.91 Å². The summed E-state index contributed by atoms with van der Waals surface area (Å²) in [6.45, 7) is 3.63. The average molecular weight is 327 g/mol. The number of rotatable bonds is 9. The molecule has 2 heterocycles. The van der Waals surface area contributed by atoms with E-state index in [1.54, 1.807) is 24.8 Å². The molecule has 6 nitrogen and oxygen atoms in total. The monoisotopic (exact) mass is 327 g/mol. The minimum absolute atomic E-state index is 0.114. The SMILES string of the molecule is CCCCCNC(=O)c1cnc(N(C)CCc2ccncc2)nc1. The Kier molecular flexibility index (Phi) is 7.14. The standard InChI is InChI=1S/C18H25N5O/c1-3-4-5-9-20-17(24)16-13-21-18(22-14-16)23(2)12-8-15-6-10-19-11-7-15/h6-7,10-11,13-14H,3-5,8-9,12H2,1-2H3,(H,20,24). The van der Waals surface area contributed by atoms with Crippen LogP contribution < -0.4 is 10.2 Å². The first-order valence-corrected chi connectivity index (χ1v) is 8.41. The summed E-state index contributed by atoms with van der Waals surface area (Å²) in [7, 11) is 1.95. The number of unbranched alkanes of at least 4 members (excludes halogenated alkanes) is 2. The molecule has 6 heteroatoms. The molecule has 2 aromatic heterocycles. The molecule has 24 heavy (non-hydrogen) atoms. The number of amides is 1. The van der Waals surface area contributed by atoms with E-state index >= 15 is 0 Å². The van der Waals surface area contributed by atoms with Crippen LogP contribution >= 0.6 is 0 Å². The molecule has 2 aromatic rings. The van der Waals surface area contributed by atoms with Crippen LogP contribution in [0.25, 0.3) is 0 Å². The van der Waals surface area contributed by atoms with Gasteiger partial charge in [0.15, 0.2) is 0 Å². The molecule has 0 bridgehead atoms. The van der Waals surface area contributed by atoms with Crippen molar-refractivity contribution in [1.29, 1.82) is 0 Å². The predicted octanol–water partition coefficient (Wildman–Crippen LogP) is 2.47. The molecule has 0 atom stereocenters. The van der Waals surface area contributed by atoms with Crippen LogP contribution in [0.1, 0.15) is 42.1 Å². The van der Waals surface area contributed by atoms with Crippen molar-refractivity contribution in [3.8, 4) is 0 Å². The van der Waals surface area contributed by atoms with Crippen LogP contribution in [0, 0.1) is 0 Å². The quantitative estimate of drug-likeness (QED) is 0.716. The molecular formula is C18H25N5O. The lowest BCUT2D eigenvalue weighted by Crippen LogP contribution is -2.26. The summed E-state index contributed by atoms with van der Waals surface area (Å²) in [6.07, 6.45) is 10.9. The van der Waals surface area contributed by atoms with E-state index in [4.69, 9.17) is 0 Å². The van der Waals surface area contributed by atoms with Gasteiger partial charge in [-0.1, -0.05) is 19.8 Å². The summed E-state index contributed by atoms with van der Waals surface area (Å²) in [6, 6.07) is 4.00. The lowest BCUT2D eigenvalue weighted by atomic mass is 10.2. The molecule has 1 amide bonds. The van der Waals surface area contributed by atoms with Crippen LogP contribution in [-0.4, -0.2) is 41.0 Å². The van der Waals surface area contributed by atoms with Crippen LogP contribution in [0.15, 0.2) is 36.9 Å². The van der Waals surface area contributed by atoms with Crippen molar-refractivity contribution in [1.82, 2.24) is 20.3 Å². The number of pyridine rings is 1. The van der Waals surface area contributed by atoms with Crippen molar-refractivity contribution in [2.24, 2.45) is 0 Å². The van der Waals surface area contributed by atoms with E-state index < -0.39 is 0 Å². The highest BCUT2D eigenvalue weighted by atomic mass is 16.1. The Morgan fingerprint density at radius 2 is 1.88 bits per heavy atom. The number of nitrogens with one attached hydrogen (secondary N) is 1. The van der Waals surface area contributed by atoms with E-state index in [2.05, 4.69) is 27.2 Å². The smallest absolute Gasteiger partial charge is 0.254 e. The Labute approximate surface area is 143 Å². The molecule has 0 aromatic carbocycles. The maximum atomic E-state index is 12.0. The minimum atomic E-state index is -0.114. The number of nitrogens with zero attached hydrogens (tertiary/aromatic N) is 4. The second kappa shape index (κ2) is 9.60. The van der Waals surface area contributed by atoms with Gasteiger partial charge in [0.2, 0.25) is 5.95 Å². The maximum absolute atomic E-state index is 12.0. The van der Waals surface area contributed by atoms with Gasteiger partial charge in [-0.2, -0.15) is 0 Å².